The Morgan fingerprint density at radius 3 is 1.90 bits per heavy atom. The van der Waals surface area contributed by atoms with Crippen molar-refractivity contribution in [2.45, 2.75) is 19.3 Å². The zero-order chi connectivity index (χ0) is 34.1. The lowest BCUT2D eigenvalue weighted by molar-refractivity contribution is 0.660. The fourth-order valence-electron chi connectivity index (χ4n) is 7.39. The minimum Gasteiger partial charge on any atom is -0.310 e. The predicted molar refractivity (Wildman–Crippen MR) is 215 cm³/mol. The highest BCUT2D eigenvalue weighted by molar-refractivity contribution is 5.92. The highest BCUT2D eigenvalue weighted by Crippen LogP contribution is 2.50. The number of rotatable bonds is 8. The fourth-order valence-corrected chi connectivity index (χ4v) is 7.39. The van der Waals surface area contributed by atoms with E-state index in [9.17, 15) is 0 Å². The Bertz CT molecular complexity index is 2390. The molecule has 1 aliphatic rings. The molecule has 50 heavy (non-hydrogen) atoms. The maximum absolute atomic E-state index is 4.39. The van der Waals surface area contributed by atoms with Gasteiger partial charge in [-0.25, -0.2) is 0 Å². The molecule has 0 unspecified atom stereocenters. The summed E-state index contributed by atoms with van der Waals surface area (Å²) in [6, 6.07) is 61.0. The van der Waals surface area contributed by atoms with Crippen molar-refractivity contribution in [3.05, 3.63) is 217 Å². The van der Waals surface area contributed by atoms with Crippen LogP contribution in [0.1, 0.15) is 36.1 Å². The van der Waals surface area contributed by atoms with Gasteiger partial charge in [-0.05, 0) is 103 Å². The van der Waals surface area contributed by atoms with Gasteiger partial charge in [-0.2, -0.15) is 0 Å². The molecular weight excluding hydrogens is 603 g/mol. The molecule has 0 fully saturated rings. The summed E-state index contributed by atoms with van der Waals surface area (Å²) >= 11 is 0. The van der Waals surface area contributed by atoms with Crippen LogP contribution in [0.4, 0.5) is 11.4 Å². The summed E-state index contributed by atoms with van der Waals surface area (Å²) in [5.74, 6) is 0. The molecule has 8 rings (SSSR count). The molecule has 0 atom stereocenters. The summed E-state index contributed by atoms with van der Waals surface area (Å²) in [6.45, 7) is 9.07. The standard InChI is InChI=1S/C49H39N/c1-4-42(33-41(37-17-9-6-10-18-37)31-35-23-25-39(26-24-35)36-15-7-5-8-16-36)50(43-28-27-38-19-11-12-20-40(38)32-43)44-29-30-46-45-21-13-14-22-47(45)49(2,3)48(46)34-44/h4-34H,1H2,2-3H3/b41-31-,42-33+. The maximum Gasteiger partial charge on any atom is 0.0468 e. The number of hydrogen-bond donors (Lipinski definition) is 0. The van der Waals surface area contributed by atoms with Crippen LogP contribution >= 0.6 is 0 Å². The second-order valence-electron chi connectivity index (χ2n) is 13.5. The molecule has 0 spiro atoms. The van der Waals surface area contributed by atoms with E-state index in [1.54, 1.807) is 0 Å². The van der Waals surface area contributed by atoms with Gasteiger partial charge in [0.1, 0.15) is 0 Å². The van der Waals surface area contributed by atoms with E-state index in [1.807, 2.05) is 6.08 Å². The minimum atomic E-state index is -0.115. The topological polar surface area (TPSA) is 3.24 Å². The van der Waals surface area contributed by atoms with Crippen molar-refractivity contribution >= 4 is 33.8 Å². The first-order chi connectivity index (χ1) is 24.5. The molecule has 1 nitrogen and oxygen atoms in total. The minimum absolute atomic E-state index is 0.115. The van der Waals surface area contributed by atoms with E-state index in [1.165, 1.54) is 44.2 Å². The smallest absolute Gasteiger partial charge is 0.0468 e. The first kappa shape index (κ1) is 31.1. The molecule has 1 heteroatoms. The van der Waals surface area contributed by atoms with Crippen molar-refractivity contribution < 1.29 is 0 Å². The lowest BCUT2D eigenvalue weighted by atomic mass is 9.82. The van der Waals surface area contributed by atoms with Gasteiger partial charge in [0, 0.05) is 22.5 Å². The Balaban J connectivity index is 1.29. The van der Waals surface area contributed by atoms with Gasteiger partial charge >= 0.3 is 0 Å². The van der Waals surface area contributed by atoms with Gasteiger partial charge in [-0.1, -0.05) is 166 Å². The summed E-state index contributed by atoms with van der Waals surface area (Å²) in [5, 5.41) is 2.42. The van der Waals surface area contributed by atoms with E-state index >= 15 is 0 Å². The van der Waals surface area contributed by atoms with Crippen molar-refractivity contribution in [3.63, 3.8) is 0 Å². The molecule has 0 saturated carbocycles. The molecule has 7 aromatic carbocycles. The van der Waals surface area contributed by atoms with Crippen molar-refractivity contribution in [3.8, 4) is 22.3 Å². The number of allylic oxidation sites excluding steroid dienone is 3. The Morgan fingerprint density at radius 2 is 1.14 bits per heavy atom. The van der Waals surface area contributed by atoms with E-state index in [2.05, 4.69) is 207 Å². The highest BCUT2D eigenvalue weighted by atomic mass is 15.1. The average molecular weight is 642 g/mol. The van der Waals surface area contributed by atoms with Crippen LogP contribution in [-0.2, 0) is 5.41 Å². The van der Waals surface area contributed by atoms with Crippen LogP contribution in [0.2, 0.25) is 0 Å². The van der Waals surface area contributed by atoms with Crippen LogP contribution < -0.4 is 4.90 Å². The quantitative estimate of drug-likeness (QED) is 0.118. The van der Waals surface area contributed by atoms with Crippen LogP contribution in [0, 0.1) is 0 Å². The van der Waals surface area contributed by atoms with E-state index in [0.717, 1.165) is 33.8 Å². The maximum atomic E-state index is 4.39. The van der Waals surface area contributed by atoms with E-state index < -0.39 is 0 Å². The number of hydrogen-bond acceptors (Lipinski definition) is 1. The van der Waals surface area contributed by atoms with Gasteiger partial charge in [-0.15, -0.1) is 0 Å². The van der Waals surface area contributed by atoms with Crippen molar-refractivity contribution in [1.29, 1.82) is 0 Å². The van der Waals surface area contributed by atoms with Gasteiger partial charge in [0.25, 0.3) is 0 Å². The fraction of sp³-hybridized carbons (Fsp3) is 0.0612. The molecule has 0 bridgehead atoms. The summed E-state index contributed by atoms with van der Waals surface area (Å²) in [7, 11) is 0. The zero-order valence-corrected chi connectivity index (χ0v) is 28.6. The van der Waals surface area contributed by atoms with Crippen LogP contribution in [0.25, 0.3) is 44.7 Å². The first-order valence-electron chi connectivity index (χ1n) is 17.3. The first-order valence-corrected chi connectivity index (χ1v) is 17.3. The van der Waals surface area contributed by atoms with Gasteiger partial charge in [0.15, 0.2) is 0 Å². The van der Waals surface area contributed by atoms with Crippen LogP contribution in [0.3, 0.4) is 0 Å². The molecule has 0 radical (unpaired) electrons. The zero-order valence-electron chi connectivity index (χ0n) is 28.6. The highest BCUT2D eigenvalue weighted by Gasteiger charge is 2.35. The van der Waals surface area contributed by atoms with E-state index in [0.29, 0.717) is 0 Å². The molecule has 0 aliphatic heterocycles. The SMILES string of the molecule is C=C/C(=C\C(=C\c1ccc(-c2ccccc2)cc1)c1ccccc1)N(c1ccc2c(c1)C(C)(C)c1ccccc1-2)c1ccc2ccccc2c1. The summed E-state index contributed by atoms with van der Waals surface area (Å²) in [6.07, 6.45) is 6.53. The van der Waals surface area contributed by atoms with E-state index in [4.69, 9.17) is 0 Å². The van der Waals surface area contributed by atoms with Gasteiger partial charge < -0.3 is 4.90 Å². The summed E-state index contributed by atoms with van der Waals surface area (Å²) < 4.78 is 0. The molecule has 0 amide bonds. The predicted octanol–water partition coefficient (Wildman–Crippen LogP) is 13.3. The molecule has 7 aromatic rings. The molecule has 0 N–H and O–H groups in total. The Kier molecular flexibility index (Phi) is 8.11. The van der Waals surface area contributed by atoms with Crippen molar-refractivity contribution in [1.82, 2.24) is 0 Å². The third kappa shape index (κ3) is 5.78. The monoisotopic (exact) mass is 641 g/mol. The van der Waals surface area contributed by atoms with E-state index in [-0.39, 0.29) is 5.41 Å². The van der Waals surface area contributed by atoms with Gasteiger partial charge in [-0.3, -0.25) is 0 Å². The van der Waals surface area contributed by atoms with Gasteiger partial charge in [0.2, 0.25) is 0 Å². The molecule has 0 aromatic heterocycles. The van der Waals surface area contributed by atoms with Crippen molar-refractivity contribution in [2.24, 2.45) is 0 Å². The lowest BCUT2D eigenvalue weighted by Gasteiger charge is -2.29. The molecular formula is C49H39N. The van der Waals surface area contributed by atoms with Crippen LogP contribution in [0.5, 0.6) is 0 Å². The van der Waals surface area contributed by atoms with Crippen LogP contribution in [0.15, 0.2) is 194 Å². The summed E-state index contributed by atoms with van der Waals surface area (Å²) in [4.78, 5) is 2.36. The Labute approximate surface area is 295 Å². The normalized spacial score (nSPS) is 13.5. The van der Waals surface area contributed by atoms with Gasteiger partial charge in [0.05, 0.1) is 0 Å². The second-order valence-corrected chi connectivity index (χ2v) is 13.5. The third-order valence-electron chi connectivity index (χ3n) is 10.0. The largest absolute Gasteiger partial charge is 0.310 e. The third-order valence-corrected chi connectivity index (χ3v) is 10.0. The number of nitrogens with zero attached hydrogens (tertiary/aromatic N) is 1. The Morgan fingerprint density at radius 1 is 0.540 bits per heavy atom. The molecule has 0 saturated heterocycles. The molecule has 1 aliphatic carbocycles. The van der Waals surface area contributed by atoms with Crippen molar-refractivity contribution in [2.75, 3.05) is 4.90 Å². The summed E-state index contributed by atoms with van der Waals surface area (Å²) in [5.41, 5.74) is 14.2. The number of fused-ring (bicyclic) bond motifs is 4. The lowest BCUT2D eigenvalue weighted by Crippen LogP contribution is -2.18. The second kappa shape index (κ2) is 13.0. The average Bonchev–Trinajstić information content (AvgIpc) is 3.40. The number of anilines is 2. The molecule has 240 valence electrons. The molecule has 0 heterocycles. The Hall–Kier alpha value is -6.18. The number of benzene rings is 7. The van der Waals surface area contributed by atoms with Crippen LogP contribution in [-0.4, -0.2) is 0 Å².